The summed E-state index contributed by atoms with van der Waals surface area (Å²) in [5, 5.41) is 0. The van der Waals surface area contributed by atoms with E-state index in [2.05, 4.69) is 34.2 Å². The highest BCUT2D eigenvalue weighted by atomic mass is 79.9. The van der Waals surface area contributed by atoms with E-state index in [1.807, 2.05) is 12.1 Å². The van der Waals surface area contributed by atoms with Crippen LogP contribution in [-0.2, 0) is 0 Å². The van der Waals surface area contributed by atoms with Gasteiger partial charge in [-0.3, -0.25) is 9.79 Å². The molecular formula is C15H14BrNO2. The molecule has 0 saturated heterocycles. The molecule has 1 aromatic carbocycles. The van der Waals surface area contributed by atoms with Gasteiger partial charge in [0.05, 0.1) is 18.1 Å². The van der Waals surface area contributed by atoms with Gasteiger partial charge in [-0.1, -0.05) is 28.6 Å². The van der Waals surface area contributed by atoms with Gasteiger partial charge in [-0.25, -0.2) is 0 Å². The van der Waals surface area contributed by atoms with Crippen LogP contribution in [0, 0.1) is 5.92 Å². The third-order valence-corrected chi connectivity index (χ3v) is 3.48. The number of benzene rings is 1. The number of hydrogen-bond donors (Lipinski definition) is 0. The SMILES string of the molecule is C=C/C=C(/CC1COc2cc(Br)ccc2C1=O)N=C. The predicted octanol–water partition coefficient (Wildman–Crippen LogP) is 3.80. The van der Waals surface area contributed by atoms with Gasteiger partial charge in [0.2, 0.25) is 0 Å². The Balaban J connectivity index is 2.22. The highest BCUT2D eigenvalue weighted by Gasteiger charge is 2.29. The molecule has 1 aliphatic heterocycles. The van der Waals surface area contributed by atoms with Gasteiger partial charge in [-0.15, -0.1) is 0 Å². The average Bonchev–Trinajstić information content (AvgIpc) is 2.41. The number of hydrogen-bond acceptors (Lipinski definition) is 3. The minimum absolute atomic E-state index is 0.0902. The molecule has 4 heteroatoms. The van der Waals surface area contributed by atoms with E-state index in [9.17, 15) is 4.79 Å². The first-order valence-electron chi connectivity index (χ1n) is 5.90. The number of nitrogens with zero attached hydrogens (tertiary/aromatic N) is 1. The molecule has 19 heavy (non-hydrogen) atoms. The van der Waals surface area contributed by atoms with Crippen LogP contribution in [-0.4, -0.2) is 19.1 Å². The number of rotatable bonds is 4. The van der Waals surface area contributed by atoms with Crippen molar-refractivity contribution < 1.29 is 9.53 Å². The number of carbonyl (C=O) groups excluding carboxylic acids is 1. The van der Waals surface area contributed by atoms with Crippen molar-refractivity contribution in [2.45, 2.75) is 6.42 Å². The van der Waals surface area contributed by atoms with E-state index in [1.165, 1.54) is 0 Å². The summed E-state index contributed by atoms with van der Waals surface area (Å²) in [6, 6.07) is 5.44. The van der Waals surface area contributed by atoms with E-state index in [0.717, 1.165) is 10.2 Å². The lowest BCUT2D eigenvalue weighted by Crippen LogP contribution is -2.28. The lowest BCUT2D eigenvalue weighted by molar-refractivity contribution is 0.0830. The predicted molar refractivity (Wildman–Crippen MR) is 79.9 cm³/mol. The van der Waals surface area contributed by atoms with Gasteiger partial charge in [0.15, 0.2) is 5.78 Å². The maximum Gasteiger partial charge on any atom is 0.173 e. The topological polar surface area (TPSA) is 38.7 Å². The summed E-state index contributed by atoms with van der Waals surface area (Å²) < 4.78 is 6.55. The van der Waals surface area contributed by atoms with Crippen LogP contribution in [0.5, 0.6) is 5.75 Å². The number of Topliss-reactive ketones (excluding diaryl/α,β-unsaturated/α-hetero) is 1. The van der Waals surface area contributed by atoms with Crippen molar-refractivity contribution in [3.05, 3.63) is 52.7 Å². The molecule has 1 atom stereocenters. The lowest BCUT2D eigenvalue weighted by atomic mass is 9.91. The van der Waals surface area contributed by atoms with Crippen LogP contribution >= 0.6 is 15.9 Å². The van der Waals surface area contributed by atoms with E-state index < -0.39 is 0 Å². The van der Waals surface area contributed by atoms with E-state index in [-0.39, 0.29) is 11.7 Å². The van der Waals surface area contributed by atoms with Crippen LogP contribution in [0.1, 0.15) is 16.8 Å². The second kappa shape index (κ2) is 5.97. The summed E-state index contributed by atoms with van der Waals surface area (Å²) >= 11 is 3.36. The zero-order chi connectivity index (χ0) is 13.8. The number of allylic oxidation sites excluding steroid dienone is 3. The average molecular weight is 320 g/mol. The lowest BCUT2D eigenvalue weighted by Gasteiger charge is -2.24. The zero-order valence-corrected chi connectivity index (χ0v) is 12.0. The van der Waals surface area contributed by atoms with Crippen molar-refractivity contribution in [3.8, 4) is 5.75 Å². The number of halogens is 1. The Morgan fingerprint density at radius 2 is 2.37 bits per heavy atom. The molecule has 0 bridgehead atoms. The monoisotopic (exact) mass is 319 g/mol. The number of fused-ring (bicyclic) bond motifs is 1. The Labute approximate surface area is 120 Å². The molecule has 0 fully saturated rings. The third kappa shape index (κ3) is 3.01. The maximum absolute atomic E-state index is 12.4. The molecule has 0 aliphatic carbocycles. The summed E-state index contributed by atoms with van der Waals surface area (Å²) in [6.07, 6.45) is 3.92. The molecule has 0 N–H and O–H groups in total. The summed E-state index contributed by atoms with van der Waals surface area (Å²) in [6.45, 7) is 7.49. The molecule has 1 aliphatic rings. The van der Waals surface area contributed by atoms with E-state index >= 15 is 0 Å². The summed E-state index contributed by atoms with van der Waals surface area (Å²) in [4.78, 5) is 16.3. The zero-order valence-electron chi connectivity index (χ0n) is 10.4. The smallest absolute Gasteiger partial charge is 0.173 e. The van der Waals surface area contributed by atoms with Crippen LogP contribution in [0.3, 0.4) is 0 Å². The Morgan fingerprint density at radius 3 is 3.05 bits per heavy atom. The fraction of sp³-hybridized carbons (Fsp3) is 0.200. The van der Waals surface area contributed by atoms with Gasteiger partial charge in [0, 0.05) is 16.6 Å². The van der Waals surface area contributed by atoms with E-state index in [1.54, 1.807) is 18.2 Å². The second-order valence-electron chi connectivity index (χ2n) is 4.27. The molecule has 0 amide bonds. The van der Waals surface area contributed by atoms with Crippen LogP contribution in [0.4, 0.5) is 0 Å². The molecule has 3 nitrogen and oxygen atoms in total. The Hall–Kier alpha value is -1.68. The standard InChI is InChI=1S/C15H14BrNO2/c1-3-4-12(17-2)7-10-9-19-14-8-11(16)5-6-13(14)15(10)18/h3-6,8,10H,1-2,7,9H2/b12-4-. The van der Waals surface area contributed by atoms with Crippen molar-refractivity contribution in [2.75, 3.05) is 6.61 Å². The quantitative estimate of drug-likeness (QED) is 0.625. The first-order valence-corrected chi connectivity index (χ1v) is 6.70. The highest BCUT2D eigenvalue weighted by Crippen LogP contribution is 2.32. The van der Waals surface area contributed by atoms with Crippen molar-refractivity contribution >= 4 is 28.4 Å². The van der Waals surface area contributed by atoms with E-state index in [0.29, 0.717) is 24.3 Å². The van der Waals surface area contributed by atoms with Crippen LogP contribution < -0.4 is 4.74 Å². The summed E-state index contributed by atoms with van der Waals surface area (Å²) in [5.41, 5.74) is 1.37. The molecule has 1 aromatic rings. The number of aliphatic imine (C=N–C) groups is 1. The minimum atomic E-state index is -0.217. The highest BCUT2D eigenvalue weighted by molar-refractivity contribution is 9.10. The van der Waals surface area contributed by atoms with Crippen LogP contribution in [0.25, 0.3) is 0 Å². The first kappa shape index (κ1) is 13.7. The maximum atomic E-state index is 12.4. The van der Waals surface area contributed by atoms with Gasteiger partial charge >= 0.3 is 0 Å². The molecule has 2 rings (SSSR count). The largest absolute Gasteiger partial charge is 0.492 e. The van der Waals surface area contributed by atoms with Gasteiger partial charge < -0.3 is 4.74 Å². The van der Waals surface area contributed by atoms with Gasteiger partial charge in [-0.05, 0) is 31.0 Å². The Kier molecular flexibility index (Phi) is 4.32. The summed E-state index contributed by atoms with van der Waals surface area (Å²) in [7, 11) is 0. The molecule has 0 spiro atoms. The van der Waals surface area contributed by atoms with Crippen molar-refractivity contribution in [3.63, 3.8) is 0 Å². The third-order valence-electron chi connectivity index (χ3n) is 2.99. The molecule has 0 saturated carbocycles. The molecule has 1 unspecified atom stereocenters. The van der Waals surface area contributed by atoms with Gasteiger partial charge in [0.1, 0.15) is 5.75 Å². The Bertz CT molecular complexity index is 563. The molecule has 0 radical (unpaired) electrons. The van der Waals surface area contributed by atoms with Crippen LogP contribution in [0.2, 0.25) is 0 Å². The Morgan fingerprint density at radius 1 is 1.58 bits per heavy atom. The van der Waals surface area contributed by atoms with Crippen molar-refractivity contribution in [1.29, 1.82) is 0 Å². The number of carbonyl (C=O) groups is 1. The van der Waals surface area contributed by atoms with Crippen molar-refractivity contribution in [2.24, 2.45) is 10.9 Å². The molecule has 1 heterocycles. The fourth-order valence-electron chi connectivity index (χ4n) is 2.03. The molecular weight excluding hydrogens is 306 g/mol. The van der Waals surface area contributed by atoms with Gasteiger partial charge in [0.25, 0.3) is 0 Å². The fourth-order valence-corrected chi connectivity index (χ4v) is 2.37. The normalized spacial score (nSPS) is 18.5. The molecule has 98 valence electrons. The number of ether oxygens (including phenoxy) is 1. The van der Waals surface area contributed by atoms with E-state index in [4.69, 9.17) is 4.74 Å². The minimum Gasteiger partial charge on any atom is -0.492 e. The second-order valence-corrected chi connectivity index (χ2v) is 5.18. The first-order chi connectivity index (χ1) is 9.15. The van der Waals surface area contributed by atoms with Crippen molar-refractivity contribution in [1.82, 2.24) is 0 Å². The van der Waals surface area contributed by atoms with Gasteiger partial charge in [-0.2, -0.15) is 0 Å². The molecule has 0 aromatic heterocycles. The summed E-state index contributed by atoms with van der Waals surface area (Å²) in [5.74, 6) is 0.508. The van der Waals surface area contributed by atoms with Crippen LogP contribution in [0.15, 0.2) is 52.1 Å². The number of ketones is 1.